The number of carbonyl (C=O) groups is 1. The van der Waals surface area contributed by atoms with Crippen LogP contribution in [0.25, 0.3) is 0 Å². The van der Waals surface area contributed by atoms with Gasteiger partial charge in [0, 0.05) is 0 Å². The van der Waals surface area contributed by atoms with E-state index < -0.39 is 12.0 Å². The number of para-hydroxylation sites is 1. The van der Waals surface area contributed by atoms with Gasteiger partial charge in [0.25, 0.3) is 0 Å². The quantitative estimate of drug-likeness (QED) is 0.740. The van der Waals surface area contributed by atoms with Gasteiger partial charge in [0.15, 0.2) is 6.04 Å². The van der Waals surface area contributed by atoms with E-state index in [1.807, 2.05) is 18.2 Å². The van der Waals surface area contributed by atoms with Crippen LogP contribution in [0.5, 0.6) is 0 Å². The van der Waals surface area contributed by atoms with Crippen molar-refractivity contribution in [2.75, 3.05) is 0 Å². The molecule has 72 valence electrons. The fourth-order valence-corrected chi connectivity index (χ4v) is 0.731. The third-order valence-corrected chi connectivity index (χ3v) is 1.54. The van der Waals surface area contributed by atoms with Gasteiger partial charge in [0.1, 0.15) is 0 Å². The van der Waals surface area contributed by atoms with Crippen molar-refractivity contribution in [1.29, 1.82) is 0 Å². The Morgan fingerprint density at radius 3 is 2.64 bits per heavy atom. The van der Waals surface area contributed by atoms with E-state index in [-0.39, 0.29) is 0 Å². The Morgan fingerprint density at radius 1 is 1.43 bits per heavy atom. The van der Waals surface area contributed by atoms with Crippen LogP contribution in [0.2, 0.25) is 0 Å². The van der Waals surface area contributed by atoms with Gasteiger partial charge in [-0.15, -0.1) is 0 Å². The lowest BCUT2D eigenvalue weighted by Gasteiger charge is -1.92. The molecule has 0 aliphatic heterocycles. The molecule has 4 nitrogen and oxygen atoms in total. The topological polar surface area (TPSA) is 62.0 Å². The minimum absolute atomic E-state index is 0.703. The highest BCUT2D eigenvalue weighted by molar-refractivity contribution is 5.74. The van der Waals surface area contributed by atoms with Crippen molar-refractivity contribution >= 4 is 17.7 Å². The van der Waals surface area contributed by atoms with Crippen LogP contribution in [0.4, 0.5) is 5.69 Å². The maximum absolute atomic E-state index is 10.4. The Bertz CT molecular complexity index is 367. The SMILES string of the molecule is C[C@H](N=C=Nc1ccccc1)C(=O)O. The zero-order valence-corrected chi connectivity index (χ0v) is 7.71. The molecule has 0 amide bonds. The highest BCUT2D eigenvalue weighted by atomic mass is 16.4. The Labute approximate surface area is 81.6 Å². The van der Waals surface area contributed by atoms with Crippen molar-refractivity contribution in [3.8, 4) is 0 Å². The number of hydrogen-bond acceptors (Lipinski definition) is 3. The van der Waals surface area contributed by atoms with Crippen molar-refractivity contribution in [3.05, 3.63) is 30.3 Å². The zero-order valence-electron chi connectivity index (χ0n) is 7.71. The molecule has 0 spiro atoms. The summed E-state index contributed by atoms with van der Waals surface area (Å²) >= 11 is 0. The highest BCUT2D eigenvalue weighted by Gasteiger charge is 2.05. The summed E-state index contributed by atoms with van der Waals surface area (Å²) in [4.78, 5) is 17.8. The maximum atomic E-state index is 10.4. The van der Waals surface area contributed by atoms with Gasteiger partial charge in [0.2, 0.25) is 0 Å². The lowest BCUT2D eigenvalue weighted by atomic mass is 10.3. The molecule has 1 atom stereocenters. The van der Waals surface area contributed by atoms with Crippen molar-refractivity contribution in [2.45, 2.75) is 13.0 Å². The molecule has 1 rings (SSSR count). The minimum Gasteiger partial charge on any atom is -0.480 e. The van der Waals surface area contributed by atoms with Crippen LogP contribution in [-0.4, -0.2) is 23.1 Å². The molecule has 0 radical (unpaired) electrons. The van der Waals surface area contributed by atoms with Gasteiger partial charge in [-0.05, 0) is 19.1 Å². The smallest absolute Gasteiger partial charge is 0.329 e. The molecule has 4 heteroatoms. The van der Waals surface area contributed by atoms with Crippen LogP contribution in [0.1, 0.15) is 6.92 Å². The fraction of sp³-hybridized carbons (Fsp3) is 0.200. The van der Waals surface area contributed by atoms with Crippen LogP contribution in [0.3, 0.4) is 0 Å². The Balaban J connectivity index is 2.69. The molecule has 0 saturated heterocycles. The van der Waals surface area contributed by atoms with Crippen molar-refractivity contribution in [3.63, 3.8) is 0 Å². The number of hydrogen-bond donors (Lipinski definition) is 1. The van der Waals surface area contributed by atoms with Crippen molar-refractivity contribution in [1.82, 2.24) is 0 Å². The summed E-state index contributed by atoms with van der Waals surface area (Å²) in [7, 11) is 0. The first-order valence-corrected chi connectivity index (χ1v) is 4.13. The minimum atomic E-state index is -0.985. The van der Waals surface area contributed by atoms with Crippen LogP contribution >= 0.6 is 0 Å². The third-order valence-electron chi connectivity index (χ3n) is 1.54. The lowest BCUT2D eigenvalue weighted by molar-refractivity contribution is -0.137. The van der Waals surface area contributed by atoms with Gasteiger partial charge in [0.05, 0.1) is 11.7 Å². The first-order valence-electron chi connectivity index (χ1n) is 4.13. The van der Waals surface area contributed by atoms with E-state index in [2.05, 4.69) is 16.0 Å². The predicted molar refractivity (Wildman–Crippen MR) is 53.1 cm³/mol. The first kappa shape index (κ1) is 10.2. The molecule has 0 aliphatic rings. The van der Waals surface area contributed by atoms with E-state index in [0.29, 0.717) is 5.69 Å². The zero-order chi connectivity index (χ0) is 10.4. The van der Waals surface area contributed by atoms with E-state index in [1.54, 1.807) is 12.1 Å². The number of benzene rings is 1. The van der Waals surface area contributed by atoms with Crippen LogP contribution in [0, 0.1) is 0 Å². The molecule has 0 aromatic heterocycles. The molecule has 1 aromatic rings. The fourth-order valence-electron chi connectivity index (χ4n) is 0.731. The van der Waals surface area contributed by atoms with Gasteiger partial charge in [-0.2, -0.15) is 4.99 Å². The number of carboxylic acid groups (broad SMARTS) is 1. The monoisotopic (exact) mass is 190 g/mol. The molecule has 0 unspecified atom stereocenters. The summed E-state index contributed by atoms with van der Waals surface area (Å²) in [6.45, 7) is 1.47. The second-order valence-electron chi connectivity index (χ2n) is 2.69. The van der Waals surface area contributed by atoms with E-state index in [9.17, 15) is 4.79 Å². The third kappa shape index (κ3) is 3.21. The van der Waals surface area contributed by atoms with Crippen molar-refractivity contribution in [2.24, 2.45) is 9.98 Å². The van der Waals surface area contributed by atoms with Gasteiger partial charge in [-0.25, -0.2) is 9.79 Å². The van der Waals surface area contributed by atoms with Crippen LogP contribution in [0.15, 0.2) is 40.3 Å². The Hall–Kier alpha value is -1.93. The molecule has 0 heterocycles. The molecule has 1 N–H and O–H groups in total. The molecule has 0 saturated carbocycles. The normalized spacial score (nSPS) is 11.2. The second kappa shape index (κ2) is 4.94. The molecule has 0 fully saturated rings. The molecular weight excluding hydrogens is 180 g/mol. The molecule has 14 heavy (non-hydrogen) atoms. The standard InChI is InChI=1S/C10H10N2O2/c1-8(10(13)14)11-7-12-9-5-3-2-4-6-9/h2-6,8H,1H3,(H,13,14)/t8-/m0/s1. The predicted octanol–water partition coefficient (Wildman–Crippen LogP) is 1.97. The summed E-state index contributed by atoms with van der Waals surface area (Å²) in [5.74, 6) is -0.985. The second-order valence-corrected chi connectivity index (χ2v) is 2.69. The van der Waals surface area contributed by atoms with E-state index in [0.717, 1.165) is 0 Å². The van der Waals surface area contributed by atoms with E-state index >= 15 is 0 Å². The van der Waals surface area contributed by atoms with Crippen LogP contribution in [-0.2, 0) is 4.79 Å². The van der Waals surface area contributed by atoms with Gasteiger partial charge < -0.3 is 5.11 Å². The average Bonchev–Trinajstić information content (AvgIpc) is 2.19. The lowest BCUT2D eigenvalue weighted by Crippen LogP contribution is -2.12. The Morgan fingerprint density at radius 2 is 2.07 bits per heavy atom. The van der Waals surface area contributed by atoms with E-state index in [4.69, 9.17) is 5.11 Å². The first-order chi connectivity index (χ1) is 6.70. The average molecular weight is 190 g/mol. The molecule has 1 aromatic carbocycles. The molecule has 0 aliphatic carbocycles. The summed E-state index contributed by atoms with van der Waals surface area (Å²) in [6, 6.07) is 10.7. The number of carboxylic acids is 1. The van der Waals surface area contributed by atoms with Gasteiger partial charge in [-0.3, -0.25) is 0 Å². The van der Waals surface area contributed by atoms with E-state index in [1.165, 1.54) is 6.92 Å². The molecular formula is C10H10N2O2. The number of rotatable bonds is 3. The Kier molecular flexibility index (Phi) is 3.58. The summed E-state index contributed by atoms with van der Waals surface area (Å²) in [6.07, 6.45) is 0. The van der Waals surface area contributed by atoms with Crippen LogP contribution < -0.4 is 0 Å². The summed E-state index contributed by atoms with van der Waals surface area (Å²) < 4.78 is 0. The maximum Gasteiger partial charge on any atom is 0.329 e. The number of nitrogens with zero attached hydrogens (tertiary/aromatic N) is 2. The summed E-state index contributed by atoms with van der Waals surface area (Å²) in [5.41, 5.74) is 0.703. The molecule has 0 bridgehead atoms. The van der Waals surface area contributed by atoms with Gasteiger partial charge in [-0.1, -0.05) is 18.2 Å². The van der Waals surface area contributed by atoms with Gasteiger partial charge >= 0.3 is 5.97 Å². The number of aliphatic carboxylic acids is 1. The number of aliphatic imine (C=N–C) groups is 2. The largest absolute Gasteiger partial charge is 0.480 e. The summed E-state index contributed by atoms with van der Waals surface area (Å²) in [5, 5.41) is 8.50. The highest BCUT2D eigenvalue weighted by Crippen LogP contribution is 2.07. The van der Waals surface area contributed by atoms with Crippen molar-refractivity contribution < 1.29 is 9.90 Å².